The predicted molar refractivity (Wildman–Crippen MR) is 50.2 cm³/mol. The molecule has 1 aromatic heterocycles. The summed E-state index contributed by atoms with van der Waals surface area (Å²) in [6, 6.07) is 6.54. The lowest BCUT2D eigenvalue weighted by Crippen LogP contribution is -1.97. The van der Waals surface area contributed by atoms with Crippen molar-refractivity contribution < 1.29 is 4.92 Å². The number of hydrogen-bond acceptors (Lipinski definition) is 3. The maximum absolute atomic E-state index is 10.7. The van der Waals surface area contributed by atoms with Gasteiger partial charge in [-0.15, -0.1) is 0 Å². The highest BCUT2D eigenvalue weighted by Gasteiger charge is 2.12. The molecule has 5 nitrogen and oxygen atoms in total. The second-order valence-corrected chi connectivity index (χ2v) is 2.72. The Morgan fingerprint density at radius 1 is 1.36 bits per heavy atom. The Balaban J connectivity index is 2.58. The Kier molecular flexibility index (Phi) is 1.98. The van der Waals surface area contributed by atoms with E-state index >= 15 is 0 Å². The third-order valence-electron chi connectivity index (χ3n) is 1.86. The van der Waals surface area contributed by atoms with Crippen molar-refractivity contribution in [2.24, 2.45) is 0 Å². The van der Waals surface area contributed by atoms with Crippen molar-refractivity contribution in [3.63, 3.8) is 0 Å². The van der Waals surface area contributed by atoms with Crippen molar-refractivity contribution in [1.29, 1.82) is 0 Å². The van der Waals surface area contributed by atoms with Crippen LogP contribution in [-0.4, -0.2) is 14.5 Å². The van der Waals surface area contributed by atoms with Gasteiger partial charge in [-0.05, 0) is 6.07 Å². The van der Waals surface area contributed by atoms with Gasteiger partial charge in [-0.25, -0.2) is 4.98 Å². The molecule has 0 N–H and O–H groups in total. The summed E-state index contributed by atoms with van der Waals surface area (Å²) in [7, 11) is 0. The molecule has 2 aromatic rings. The molecule has 0 saturated heterocycles. The molecule has 0 aliphatic rings. The van der Waals surface area contributed by atoms with Crippen molar-refractivity contribution >= 4 is 5.69 Å². The van der Waals surface area contributed by atoms with Gasteiger partial charge in [0.05, 0.1) is 11.3 Å². The summed E-state index contributed by atoms with van der Waals surface area (Å²) in [5.74, 6) is 0. The molecule has 5 heteroatoms. The van der Waals surface area contributed by atoms with E-state index in [2.05, 4.69) is 4.98 Å². The van der Waals surface area contributed by atoms with Crippen molar-refractivity contribution in [2.45, 2.75) is 0 Å². The van der Waals surface area contributed by atoms with Crippen LogP contribution in [0.3, 0.4) is 0 Å². The highest BCUT2D eigenvalue weighted by Crippen LogP contribution is 2.21. The molecule has 2 rings (SSSR count). The van der Waals surface area contributed by atoms with Crippen molar-refractivity contribution in [2.75, 3.05) is 0 Å². The van der Waals surface area contributed by atoms with E-state index in [-0.39, 0.29) is 5.69 Å². The number of aromatic nitrogens is 2. The Hall–Kier alpha value is -2.17. The van der Waals surface area contributed by atoms with Gasteiger partial charge in [0.1, 0.15) is 5.69 Å². The molecule has 0 saturated carbocycles. The van der Waals surface area contributed by atoms with E-state index in [1.807, 2.05) is 0 Å². The van der Waals surface area contributed by atoms with E-state index in [0.717, 1.165) is 0 Å². The van der Waals surface area contributed by atoms with Crippen molar-refractivity contribution in [3.05, 3.63) is 53.1 Å². The molecule has 0 unspecified atom stereocenters. The minimum atomic E-state index is -0.407. The number of nitro groups is 1. The SMILES string of the molecule is O=[N+]([O-])c1ccccc1-n1ccnc1. The summed E-state index contributed by atoms with van der Waals surface area (Å²) in [5, 5.41) is 10.7. The van der Waals surface area contributed by atoms with Crippen LogP contribution in [0.4, 0.5) is 5.69 Å². The van der Waals surface area contributed by atoms with Crippen LogP contribution in [0, 0.1) is 10.1 Å². The summed E-state index contributed by atoms with van der Waals surface area (Å²) in [6.07, 6.45) is 4.78. The fourth-order valence-corrected chi connectivity index (χ4v) is 1.24. The second kappa shape index (κ2) is 3.29. The molecule has 0 atom stereocenters. The molecular formula is C9H7N3O2. The number of hydrogen-bond donors (Lipinski definition) is 0. The molecule has 0 fully saturated rings. The maximum atomic E-state index is 10.7. The summed E-state index contributed by atoms with van der Waals surface area (Å²) >= 11 is 0. The van der Waals surface area contributed by atoms with Crippen molar-refractivity contribution in [3.8, 4) is 5.69 Å². The zero-order valence-electron chi connectivity index (χ0n) is 7.20. The van der Waals surface area contributed by atoms with Gasteiger partial charge in [-0.1, -0.05) is 12.1 Å². The smallest absolute Gasteiger partial charge is 0.293 e. The molecule has 0 radical (unpaired) electrons. The molecule has 0 amide bonds. The van der Waals surface area contributed by atoms with Crippen molar-refractivity contribution in [1.82, 2.24) is 9.55 Å². The van der Waals surface area contributed by atoms with Gasteiger partial charge in [0.15, 0.2) is 0 Å². The van der Waals surface area contributed by atoms with E-state index in [1.165, 1.54) is 12.4 Å². The van der Waals surface area contributed by atoms with Crippen LogP contribution in [-0.2, 0) is 0 Å². The van der Waals surface area contributed by atoms with E-state index in [1.54, 1.807) is 35.2 Å². The zero-order chi connectivity index (χ0) is 9.97. The standard InChI is InChI=1S/C9H7N3O2/c13-12(14)9-4-2-1-3-8(9)11-6-5-10-7-11/h1-7H. The summed E-state index contributed by atoms with van der Waals surface area (Å²) in [5.41, 5.74) is 0.598. The van der Waals surface area contributed by atoms with Crippen LogP contribution in [0.2, 0.25) is 0 Å². The van der Waals surface area contributed by atoms with Crippen LogP contribution in [0.15, 0.2) is 43.0 Å². The fourth-order valence-electron chi connectivity index (χ4n) is 1.24. The van der Waals surface area contributed by atoms with Gasteiger partial charge in [-0.2, -0.15) is 0 Å². The molecule has 0 aliphatic carbocycles. The molecule has 1 heterocycles. The van der Waals surface area contributed by atoms with Gasteiger partial charge >= 0.3 is 0 Å². The summed E-state index contributed by atoms with van der Waals surface area (Å²) < 4.78 is 1.61. The number of rotatable bonds is 2. The molecule has 70 valence electrons. The third-order valence-corrected chi connectivity index (χ3v) is 1.86. The molecular weight excluding hydrogens is 182 g/mol. The number of nitro benzene ring substituents is 1. The molecule has 0 aliphatic heterocycles. The lowest BCUT2D eigenvalue weighted by atomic mass is 10.2. The Bertz CT molecular complexity index is 451. The van der Waals surface area contributed by atoms with E-state index in [9.17, 15) is 10.1 Å². The normalized spacial score (nSPS) is 10.0. The summed E-state index contributed by atoms with van der Waals surface area (Å²) in [4.78, 5) is 14.1. The first kappa shape index (κ1) is 8.43. The minimum Gasteiger partial charge on any atom is -0.300 e. The number of para-hydroxylation sites is 2. The van der Waals surface area contributed by atoms with Gasteiger partial charge in [0, 0.05) is 18.5 Å². The number of imidazole rings is 1. The maximum Gasteiger partial charge on any atom is 0.293 e. The van der Waals surface area contributed by atoms with E-state index in [4.69, 9.17) is 0 Å². The first-order valence-corrected chi connectivity index (χ1v) is 4.01. The van der Waals surface area contributed by atoms with Gasteiger partial charge < -0.3 is 4.57 Å². The lowest BCUT2D eigenvalue weighted by Gasteiger charge is -2.01. The highest BCUT2D eigenvalue weighted by molar-refractivity contribution is 5.51. The molecule has 1 aromatic carbocycles. The monoisotopic (exact) mass is 189 g/mol. The lowest BCUT2D eigenvalue weighted by molar-refractivity contribution is -0.384. The first-order chi connectivity index (χ1) is 6.79. The van der Waals surface area contributed by atoms with Crippen LogP contribution >= 0.6 is 0 Å². The molecule has 0 spiro atoms. The molecule has 14 heavy (non-hydrogen) atoms. The third kappa shape index (κ3) is 1.35. The van der Waals surface area contributed by atoms with Crippen LogP contribution in [0.5, 0.6) is 0 Å². The van der Waals surface area contributed by atoms with Gasteiger partial charge in [0.25, 0.3) is 5.69 Å². The highest BCUT2D eigenvalue weighted by atomic mass is 16.6. The largest absolute Gasteiger partial charge is 0.300 e. The number of benzene rings is 1. The molecule has 0 bridgehead atoms. The predicted octanol–water partition coefficient (Wildman–Crippen LogP) is 1.78. The van der Waals surface area contributed by atoms with Gasteiger partial charge in [-0.3, -0.25) is 10.1 Å². The van der Waals surface area contributed by atoms with Crippen LogP contribution in [0.25, 0.3) is 5.69 Å². The Morgan fingerprint density at radius 2 is 2.14 bits per heavy atom. The summed E-state index contributed by atoms with van der Waals surface area (Å²) in [6.45, 7) is 0. The fraction of sp³-hybridized carbons (Fsp3) is 0. The second-order valence-electron chi connectivity index (χ2n) is 2.72. The minimum absolute atomic E-state index is 0.0745. The first-order valence-electron chi connectivity index (χ1n) is 4.01. The average Bonchev–Trinajstić information content (AvgIpc) is 2.70. The van der Waals surface area contributed by atoms with E-state index < -0.39 is 4.92 Å². The Labute approximate surface area is 79.8 Å². The van der Waals surface area contributed by atoms with E-state index in [0.29, 0.717) is 5.69 Å². The topological polar surface area (TPSA) is 61.0 Å². The quantitative estimate of drug-likeness (QED) is 0.534. The number of nitrogens with zero attached hydrogens (tertiary/aromatic N) is 3. The van der Waals surface area contributed by atoms with Gasteiger partial charge in [0.2, 0.25) is 0 Å². The average molecular weight is 189 g/mol. The Morgan fingerprint density at radius 3 is 2.79 bits per heavy atom. The van der Waals surface area contributed by atoms with Crippen LogP contribution < -0.4 is 0 Å². The zero-order valence-corrected chi connectivity index (χ0v) is 7.20. The van der Waals surface area contributed by atoms with Crippen LogP contribution in [0.1, 0.15) is 0 Å².